The fourth-order valence-electron chi connectivity index (χ4n) is 2.39. The van der Waals surface area contributed by atoms with Crippen LogP contribution >= 0.6 is 0 Å². The van der Waals surface area contributed by atoms with Crippen LogP contribution in [0.5, 0.6) is 0 Å². The van der Waals surface area contributed by atoms with Gasteiger partial charge in [-0.1, -0.05) is 18.1 Å². The minimum atomic E-state index is 0.294. The van der Waals surface area contributed by atoms with E-state index < -0.39 is 0 Å². The van der Waals surface area contributed by atoms with Crippen molar-refractivity contribution in [3.63, 3.8) is 0 Å². The van der Waals surface area contributed by atoms with Crippen LogP contribution in [0.25, 0.3) is 17.3 Å². The van der Waals surface area contributed by atoms with Crippen molar-refractivity contribution in [3.8, 4) is 17.3 Å². The van der Waals surface area contributed by atoms with Gasteiger partial charge in [0.25, 0.3) is 5.89 Å². The normalized spacial score (nSPS) is 12.5. The van der Waals surface area contributed by atoms with Gasteiger partial charge in [-0.15, -0.1) is 0 Å². The van der Waals surface area contributed by atoms with Crippen LogP contribution in [0.4, 0.5) is 0 Å². The van der Waals surface area contributed by atoms with Crippen molar-refractivity contribution < 1.29 is 4.52 Å². The van der Waals surface area contributed by atoms with E-state index >= 15 is 0 Å². The van der Waals surface area contributed by atoms with Crippen molar-refractivity contribution in [2.45, 2.75) is 32.7 Å². The minimum absolute atomic E-state index is 0.294. The molecule has 3 aromatic rings. The summed E-state index contributed by atoms with van der Waals surface area (Å²) in [5.74, 6) is 1.97. The quantitative estimate of drug-likeness (QED) is 0.750. The summed E-state index contributed by atoms with van der Waals surface area (Å²) in [5, 5.41) is 11.7. The molecule has 1 unspecified atom stereocenters. The molecule has 3 rings (SSSR count). The zero-order chi connectivity index (χ0) is 16.2. The second-order valence-corrected chi connectivity index (χ2v) is 5.37. The number of pyridine rings is 1. The van der Waals surface area contributed by atoms with Crippen molar-refractivity contribution in [2.24, 2.45) is 0 Å². The van der Waals surface area contributed by atoms with Gasteiger partial charge in [0, 0.05) is 18.7 Å². The molecule has 120 valence electrons. The van der Waals surface area contributed by atoms with Gasteiger partial charge in [-0.25, -0.2) is 9.67 Å². The van der Waals surface area contributed by atoms with Gasteiger partial charge < -0.3 is 9.84 Å². The highest BCUT2D eigenvalue weighted by Crippen LogP contribution is 2.24. The van der Waals surface area contributed by atoms with Crippen molar-refractivity contribution in [3.05, 3.63) is 42.1 Å². The third kappa shape index (κ3) is 3.14. The van der Waals surface area contributed by atoms with Crippen molar-refractivity contribution in [1.29, 1.82) is 0 Å². The standard InChI is InChI=1S/C16H20N6O/c1-4-13-12(10-19-22(13)15-7-5-6-8-18-15)16-20-14(21-23-16)9-11(2)17-3/h5-8,10-11,17H,4,9H2,1-3H3. The zero-order valence-corrected chi connectivity index (χ0v) is 13.5. The zero-order valence-electron chi connectivity index (χ0n) is 13.5. The van der Waals surface area contributed by atoms with E-state index in [0.29, 0.717) is 17.8 Å². The molecule has 7 heteroatoms. The van der Waals surface area contributed by atoms with Crippen LogP contribution in [0.15, 0.2) is 35.1 Å². The Hall–Kier alpha value is -2.54. The van der Waals surface area contributed by atoms with Crippen molar-refractivity contribution in [1.82, 2.24) is 30.2 Å². The SMILES string of the molecule is CCc1c(-c2nc(CC(C)NC)no2)cnn1-c1ccccn1. The minimum Gasteiger partial charge on any atom is -0.334 e. The number of likely N-dealkylation sites (N-methyl/N-ethyl adjacent to an activating group) is 1. The van der Waals surface area contributed by atoms with Gasteiger partial charge in [0.05, 0.1) is 17.5 Å². The van der Waals surface area contributed by atoms with Crippen LogP contribution < -0.4 is 5.32 Å². The second-order valence-electron chi connectivity index (χ2n) is 5.37. The molecule has 0 aliphatic rings. The molecule has 1 atom stereocenters. The molecule has 0 bridgehead atoms. The van der Waals surface area contributed by atoms with E-state index in [1.807, 2.05) is 29.9 Å². The van der Waals surface area contributed by atoms with Gasteiger partial charge in [-0.05, 0) is 32.5 Å². The molecule has 7 nitrogen and oxygen atoms in total. The Labute approximate surface area is 134 Å². The molecule has 0 aliphatic heterocycles. The fourth-order valence-corrected chi connectivity index (χ4v) is 2.39. The lowest BCUT2D eigenvalue weighted by molar-refractivity contribution is 0.418. The van der Waals surface area contributed by atoms with Crippen LogP contribution in [0, 0.1) is 0 Å². The third-order valence-corrected chi connectivity index (χ3v) is 3.75. The van der Waals surface area contributed by atoms with E-state index in [1.54, 1.807) is 12.4 Å². The average molecular weight is 312 g/mol. The highest BCUT2D eigenvalue weighted by molar-refractivity contribution is 5.56. The van der Waals surface area contributed by atoms with Crippen LogP contribution in [0.3, 0.4) is 0 Å². The molecule has 1 N–H and O–H groups in total. The maximum Gasteiger partial charge on any atom is 0.261 e. The Morgan fingerprint density at radius 3 is 2.91 bits per heavy atom. The van der Waals surface area contributed by atoms with E-state index in [9.17, 15) is 0 Å². The lowest BCUT2D eigenvalue weighted by Gasteiger charge is -2.05. The summed E-state index contributed by atoms with van der Waals surface area (Å²) in [4.78, 5) is 8.84. The maximum atomic E-state index is 5.43. The van der Waals surface area contributed by atoms with Gasteiger partial charge in [-0.3, -0.25) is 0 Å². The van der Waals surface area contributed by atoms with Gasteiger partial charge >= 0.3 is 0 Å². The summed E-state index contributed by atoms with van der Waals surface area (Å²) >= 11 is 0. The predicted molar refractivity (Wildman–Crippen MR) is 86.3 cm³/mol. The summed E-state index contributed by atoms with van der Waals surface area (Å²) in [6.07, 6.45) is 5.01. The molecule has 23 heavy (non-hydrogen) atoms. The Balaban J connectivity index is 1.93. The monoisotopic (exact) mass is 312 g/mol. The molecule has 3 heterocycles. The Morgan fingerprint density at radius 1 is 1.35 bits per heavy atom. The summed E-state index contributed by atoms with van der Waals surface area (Å²) in [6, 6.07) is 6.03. The molecule has 0 amide bonds. The third-order valence-electron chi connectivity index (χ3n) is 3.75. The van der Waals surface area contributed by atoms with Gasteiger partial charge in [0.1, 0.15) is 0 Å². The van der Waals surface area contributed by atoms with E-state index in [4.69, 9.17) is 4.52 Å². The van der Waals surface area contributed by atoms with Crippen molar-refractivity contribution >= 4 is 0 Å². The van der Waals surface area contributed by atoms with Crippen LogP contribution in [0.1, 0.15) is 25.4 Å². The Kier molecular flexibility index (Phi) is 4.47. The topological polar surface area (TPSA) is 81.7 Å². The molecule has 0 saturated carbocycles. The first-order valence-electron chi connectivity index (χ1n) is 7.71. The highest BCUT2D eigenvalue weighted by Gasteiger charge is 2.18. The van der Waals surface area contributed by atoms with Gasteiger partial charge in [-0.2, -0.15) is 10.1 Å². The van der Waals surface area contributed by atoms with E-state index in [0.717, 1.165) is 29.9 Å². The maximum absolute atomic E-state index is 5.43. The summed E-state index contributed by atoms with van der Waals surface area (Å²) in [5.41, 5.74) is 1.86. The number of rotatable bonds is 6. The average Bonchev–Trinajstić information content (AvgIpc) is 3.21. The number of nitrogens with one attached hydrogen (secondary N) is 1. The van der Waals surface area contributed by atoms with Crippen LogP contribution in [-0.4, -0.2) is 38.0 Å². The van der Waals surface area contributed by atoms with E-state index in [2.05, 4.69) is 39.4 Å². The van der Waals surface area contributed by atoms with Gasteiger partial charge in [0.2, 0.25) is 0 Å². The lowest BCUT2D eigenvalue weighted by atomic mass is 10.2. The molecule has 0 spiro atoms. The molecule has 0 fully saturated rings. The summed E-state index contributed by atoms with van der Waals surface area (Å²) < 4.78 is 7.24. The number of aromatic nitrogens is 5. The molecular weight excluding hydrogens is 292 g/mol. The van der Waals surface area contributed by atoms with E-state index in [1.165, 1.54) is 0 Å². The van der Waals surface area contributed by atoms with Crippen molar-refractivity contribution in [2.75, 3.05) is 7.05 Å². The first kappa shape index (κ1) is 15.4. The Bertz CT molecular complexity index is 764. The summed E-state index contributed by atoms with van der Waals surface area (Å²) in [7, 11) is 1.91. The van der Waals surface area contributed by atoms with Crippen LogP contribution in [-0.2, 0) is 12.8 Å². The molecule has 3 aromatic heterocycles. The highest BCUT2D eigenvalue weighted by atomic mass is 16.5. The number of hydrogen-bond donors (Lipinski definition) is 1. The molecule has 0 aliphatic carbocycles. The molecule has 0 radical (unpaired) electrons. The Morgan fingerprint density at radius 2 is 2.22 bits per heavy atom. The number of nitrogens with zero attached hydrogens (tertiary/aromatic N) is 5. The fraction of sp³-hybridized carbons (Fsp3) is 0.375. The molecule has 0 aromatic carbocycles. The largest absolute Gasteiger partial charge is 0.334 e. The first-order valence-corrected chi connectivity index (χ1v) is 7.71. The predicted octanol–water partition coefficient (Wildman–Crippen LogP) is 2.03. The summed E-state index contributed by atoms with van der Waals surface area (Å²) in [6.45, 7) is 4.15. The second kappa shape index (κ2) is 6.70. The molecular formula is C16H20N6O. The lowest BCUT2D eigenvalue weighted by Crippen LogP contribution is -2.24. The van der Waals surface area contributed by atoms with Crippen LogP contribution in [0.2, 0.25) is 0 Å². The molecule has 0 saturated heterocycles. The van der Waals surface area contributed by atoms with Gasteiger partial charge in [0.15, 0.2) is 11.6 Å². The number of hydrogen-bond acceptors (Lipinski definition) is 6. The smallest absolute Gasteiger partial charge is 0.261 e. The first-order chi connectivity index (χ1) is 11.2. The van der Waals surface area contributed by atoms with E-state index in [-0.39, 0.29) is 0 Å².